The number of aromatic nitrogens is 4. The first-order valence-electron chi connectivity index (χ1n) is 9.99. The molecule has 0 amide bonds. The molecule has 1 fully saturated rings. The summed E-state index contributed by atoms with van der Waals surface area (Å²) < 4.78 is 1.90. The van der Waals surface area contributed by atoms with Crippen LogP contribution in [0.15, 0.2) is 54.6 Å². The lowest BCUT2D eigenvalue weighted by molar-refractivity contribution is 0.496. The largest absolute Gasteiger partial charge is 0.354 e. The number of hydrogen-bond donors (Lipinski definition) is 1. The van der Waals surface area contributed by atoms with Gasteiger partial charge >= 0.3 is 0 Å². The van der Waals surface area contributed by atoms with Gasteiger partial charge in [-0.3, -0.25) is 0 Å². The molecule has 3 heterocycles. The van der Waals surface area contributed by atoms with E-state index in [0.29, 0.717) is 5.92 Å². The van der Waals surface area contributed by atoms with Crippen LogP contribution in [0.25, 0.3) is 22.2 Å². The number of para-hydroxylation sites is 1. The molecule has 5 rings (SSSR count). The molecule has 0 aliphatic carbocycles. The summed E-state index contributed by atoms with van der Waals surface area (Å²) >= 11 is 0. The van der Waals surface area contributed by atoms with Gasteiger partial charge < -0.3 is 9.88 Å². The number of hydrogen-bond acceptors (Lipinski definition) is 3. The minimum Gasteiger partial charge on any atom is -0.354 e. The monoisotopic (exact) mass is 371 g/mol. The molecule has 1 aliphatic heterocycles. The lowest BCUT2D eigenvalue weighted by Gasteiger charge is -2.32. The highest BCUT2D eigenvalue weighted by molar-refractivity contribution is 5.91. The van der Waals surface area contributed by atoms with Gasteiger partial charge in [0.1, 0.15) is 5.82 Å². The lowest BCUT2D eigenvalue weighted by atomic mass is 9.86. The summed E-state index contributed by atoms with van der Waals surface area (Å²) in [6.45, 7) is 3.96. The Bertz CT molecular complexity index is 1100. The summed E-state index contributed by atoms with van der Waals surface area (Å²) in [5.74, 6) is 2.36. The fraction of sp³-hybridized carbons (Fsp3) is 0.304. The van der Waals surface area contributed by atoms with Crippen molar-refractivity contribution in [3.05, 3.63) is 66.0 Å². The van der Waals surface area contributed by atoms with Crippen LogP contribution in [-0.2, 0) is 7.05 Å². The number of aryl methyl sites for hydroxylation is 2. The topological polar surface area (TPSA) is 49.7 Å². The predicted octanol–water partition coefficient (Wildman–Crippen LogP) is 4.66. The number of H-pyrrole nitrogens is 1. The molecule has 5 heteroatoms. The number of fused-ring (bicyclic) bond motifs is 1. The summed E-state index contributed by atoms with van der Waals surface area (Å²) in [7, 11) is 1.98. The van der Waals surface area contributed by atoms with Gasteiger partial charge in [0.2, 0.25) is 5.95 Å². The van der Waals surface area contributed by atoms with Crippen molar-refractivity contribution >= 4 is 16.9 Å². The fourth-order valence-corrected chi connectivity index (χ4v) is 4.56. The Balaban J connectivity index is 1.49. The first-order chi connectivity index (χ1) is 13.7. The number of rotatable bonds is 3. The number of benzene rings is 2. The molecule has 0 atom stereocenters. The van der Waals surface area contributed by atoms with Gasteiger partial charge in [0.15, 0.2) is 0 Å². The highest BCUT2D eigenvalue weighted by Crippen LogP contribution is 2.40. The Morgan fingerprint density at radius 3 is 2.39 bits per heavy atom. The van der Waals surface area contributed by atoms with Gasteiger partial charge in [0.05, 0.1) is 0 Å². The van der Waals surface area contributed by atoms with Gasteiger partial charge in [-0.05, 0) is 42.9 Å². The second-order valence-corrected chi connectivity index (χ2v) is 7.67. The number of nitrogens with zero attached hydrogens (tertiary/aromatic N) is 4. The van der Waals surface area contributed by atoms with Crippen molar-refractivity contribution < 1.29 is 0 Å². The third-order valence-corrected chi connectivity index (χ3v) is 5.84. The average molecular weight is 371 g/mol. The molecular weight excluding hydrogens is 346 g/mol. The molecule has 1 N–H and O–H groups in total. The van der Waals surface area contributed by atoms with Gasteiger partial charge in [-0.2, -0.15) is 10.1 Å². The van der Waals surface area contributed by atoms with Gasteiger partial charge in [0.25, 0.3) is 0 Å². The standard InChI is InChI=1S/C23H25N5/c1-16-24-23(27(2)26-16)28-14-12-17(13-15-28)21-19-10-6-7-11-20(19)25-22(21)18-8-4-3-5-9-18/h3-11,17,25H,12-15H2,1-2H3. The van der Waals surface area contributed by atoms with Gasteiger partial charge in [0, 0.05) is 36.7 Å². The fourth-order valence-electron chi connectivity index (χ4n) is 4.56. The van der Waals surface area contributed by atoms with Crippen LogP contribution in [0.3, 0.4) is 0 Å². The number of aromatic amines is 1. The van der Waals surface area contributed by atoms with E-state index < -0.39 is 0 Å². The van der Waals surface area contributed by atoms with Crippen LogP contribution < -0.4 is 4.90 Å². The highest BCUT2D eigenvalue weighted by Gasteiger charge is 2.27. The van der Waals surface area contributed by atoms with Crippen LogP contribution in [0.1, 0.15) is 30.1 Å². The molecule has 5 nitrogen and oxygen atoms in total. The van der Waals surface area contributed by atoms with E-state index in [0.717, 1.165) is 37.7 Å². The first kappa shape index (κ1) is 17.0. The van der Waals surface area contributed by atoms with Crippen molar-refractivity contribution in [1.82, 2.24) is 19.7 Å². The highest BCUT2D eigenvalue weighted by atomic mass is 15.4. The molecule has 0 saturated carbocycles. The van der Waals surface area contributed by atoms with Crippen molar-refractivity contribution in [1.29, 1.82) is 0 Å². The SMILES string of the molecule is Cc1nc(N2CCC(c3c(-c4ccccc4)[nH]c4ccccc34)CC2)n(C)n1. The molecule has 0 bridgehead atoms. The third-order valence-electron chi connectivity index (χ3n) is 5.84. The quantitative estimate of drug-likeness (QED) is 0.570. The molecule has 2 aromatic heterocycles. The Labute approximate surface area is 165 Å². The molecule has 0 unspecified atom stereocenters. The van der Waals surface area contributed by atoms with Crippen LogP contribution >= 0.6 is 0 Å². The smallest absolute Gasteiger partial charge is 0.223 e. The van der Waals surface area contributed by atoms with Crippen LogP contribution in [0.5, 0.6) is 0 Å². The minimum absolute atomic E-state index is 0.539. The van der Waals surface area contributed by atoms with Gasteiger partial charge in [-0.1, -0.05) is 48.5 Å². The maximum absolute atomic E-state index is 4.61. The zero-order valence-electron chi connectivity index (χ0n) is 16.4. The van der Waals surface area contributed by atoms with E-state index in [-0.39, 0.29) is 0 Å². The second kappa shape index (κ2) is 6.82. The molecule has 2 aromatic carbocycles. The molecule has 1 saturated heterocycles. The number of piperidine rings is 1. The molecule has 28 heavy (non-hydrogen) atoms. The Morgan fingerprint density at radius 1 is 0.964 bits per heavy atom. The molecule has 4 aromatic rings. The molecular formula is C23H25N5. The van der Waals surface area contributed by atoms with Gasteiger partial charge in [-0.25, -0.2) is 4.68 Å². The molecule has 0 spiro atoms. The normalized spacial score (nSPS) is 15.4. The molecule has 0 radical (unpaired) electrons. The lowest BCUT2D eigenvalue weighted by Crippen LogP contribution is -2.34. The average Bonchev–Trinajstić information content (AvgIpc) is 3.28. The second-order valence-electron chi connectivity index (χ2n) is 7.67. The van der Waals surface area contributed by atoms with E-state index in [4.69, 9.17) is 0 Å². The van der Waals surface area contributed by atoms with Gasteiger partial charge in [-0.15, -0.1) is 0 Å². The van der Waals surface area contributed by atoms with E-state index in [9.17, 15) is 0 Å². The summed E-state index contributed by atoms with van der Waals surface area (Å²) in [6.07, 6.45) is 2.24. The summed E-state index contributed by atoms with van der Waals surface area (Å²) in [5, 5.41) is 5.76. The maximum atomic E-state index is 4.61. The van der Waals surface area contributed by atoms with Crippen LogP contribution in [0.4, 0.5) is 5.95 Å². The van der Waals surface area contributed by atoms with E-state index in [1.807, 2.05) is 18.7 Å². The van der Waals surface area contributed by atoms with Crippen molar-refractivity contribution in [3.63, 3.8) is 0 Å². The number of nitrogens with one attached hydrogen (secondary N) is 1. The molecule has 142 valence electrons. The van der Waals surface area contributed by atoms with Crippen molar-refractivity contribution in [2.45, 2.75) is 25.7 Å². The Kier molecular flexibility index (Phi) is 4.15. The van der Waals surface area contributed by atoms with Crippen LogP contribution in [0.2, 0.25) is 0 Å². The summed E-state index contributed by atoms with van der Waals surface area (Å²) in [5.41, 5.74) is 5.23. The van der Waals surface area contributed by atoms with E-state index in [2.05, 4.69) is 74.6 Å². The zero-order valence-corrected chi connectivity index (χ0v) is 16.4. The maximum Gasteiger partial charge on any atom is 0.223 e. The summed E-state index contributed by atoms with van der Waals surface area (Å²) in [6, 6.07) is 19.4. The molecule has 1 aliphatic rings. The summed E-state index contributed by atoms with van der Waals surface area (Å²) in [4.78, 5) is 10.7. The van der Waals surface area contributed by atoms with Crippen LogP contribution in [0, 0.1) is 6.92 Å². The van der Waals surface area contributed by atoms with Crippen molar-refractivity contribution in [2.75, 3.05) is 18.0 Å². The predicted molar refractivity (Wildman–Crippen MR) is 114 cm³/mol. The van der Waals surface area contributed by atoms with E-state index >= 15 is 0 Å². The Morgan fingerprint density at radius 2 is 1.68 bits per heavy atom. The van der Waals surface area contributed by atoms with Crippen LogP contribution in [-0.4, -0.2) is 32.8 Å². The van der Waals surface area contributed by atoms with Crippen molar-refractivity contribution in [3.8, 4) is 11.3 Å². The van der Waals surface area contributed by atoms with Crippen molar-refractivity contribution in [2.24, 2.45) is 7.05 Å². The number of anilines is 1. The first-order valence-corrected chi connectivity index (χ1v) is 9.99. The zero-order chi connectivity index (χ0) is 19.1. The van der Waals surface area contributed by atoms with E-state index in [1.54, 1.807) is 0 Å². The van der Waals surface area contributed by atoms with E-state index in [1.165, 1.54) is 27.7 Å². The third kappa shape index (κ3) is 2.87. The minimum atomic E-state index is 0.539. The Hall–Kier alpha value is -3.08.